The van der Waals surface area contributed by atoms with Crippen LogP contribution in [0.2, 0.25) is 10.0 Å². The van der Waals surface area contributed by atoms with Crippen LogP contribution in [-0.4, -0.2) is 36.3 Å². The van der Waals surface area contributed by atoms with Crippen molar-refractivity contribution < 1.29 is 9.59 Å². The number of carbonyl (C=O) groups is 2. The van der Waals surface area contributed by atoms with Gasteiger partial charge >= 0.3 is 0 Å². The molecule has 1 saturated heterocycles. The lowest BCUT2D eigenvalue weighted by atomic mass is 9.84. The number of rotatable bonds is 5. The van der Waals surface area contributed by atoms with Crippen LogP contribution in [0.5, 0.6) is 0 Å². The van der Waals surface area contributed by atoms with Gasteiger partial charge in [-0.2, -0.15) is 0 Å². The molecule has 25 heavy (non-hydrogen) atoms. The lowest BCUT2D eigenvalue weighted by Gasteiger charge is -2.28. The van der Waals surface area contributed by atoms with E-state index in [0.29, 0.717) is 29.6 Å². The monoisotopic (exact) mass is 384 g/mol. The first-order valence-corrected chi connectivity index (χ1v) is 9.55. The molecule has 6 heteroatoms. The van der Waals surface area contributed by atoms with Crippen molar-refractivity contribution in [3.8, 4) is 0 Å². The van der Waals surface area contributed by atoms with Gasteiger partial charge in [-0.15, -0.1) is 0 Å². The average molecular weight is 385 g/mol. The highest BCUT2D eigenvalue weighted by atomic mass is 35.5. The van der Waals surface area contributed by atoms with Gasteiger partial charge in [0.15, 0.2) is 0 Å². The van der Waals surface area contributed by atoms with Crippen LogP contribution in [0.4, 0.5) is 0 Å². The van der Waals surface area contributed by atoms with Crippen molar-refractivity contribution in [3.05, 3.63) is 33.8 Å². The molecule has 1 fully saturated rings. The second-order valence-electron chi connectivity index (χ2n) is 7.27. The van der Waals surface area contributed by atoms with Gasteiger partial charge in [-0.05, 0) is 30.5 Å². The summed E-state index contributed by atoms with van der Waals surface area (Å²) in [5, 5.41) is 3.97. The number of likely N-dealkylation sites (tertiary alicyclic amines) is 1. The summed E-state index contributed by atoms with van der Waals surface area (Å²) < 4.78 is 0. The predicted molar refractivity (Wildman–Crippen MR) is 102 cm³/mol. The number of halogens is 2. The fourth-order valence-corrected chi connectivity index (χ4v) is 3.25. The van der Waals surface area contributed by atoms with Crippen LogP contribution < -0.4 is 5.32 Å². The summed E-state index contributed by atoms with van der Waals surface area (Å²) in [6, 6.07) is 5.52. The molecule has 1 aromatic rings. The summed E-state index contributed by atoms with van der Waals surface area (Å²) in [7, 11) is 0. The molecular formula is C19H26Cl2N2O2. The lowest BCUT2D eigenvalue weighted by Crippen LogP contribution is -2.44. The smallest absolute Gasteiger partial charge is 0.239 e. The van der Waals surface area contributed by atoms with Crippen LogP contribution in [0.1, 0.15) is 51.5 Å². The standard InChI is InChI=1S/C19H26Cl2N2O2/c1-19(2,14-8-9-15(20)16(21)11-14)13-22-17(24)12-23-10-6-4-3-5-7-18(23)25/h8-9,11H,3-7,10,12-13H2,1-2H3,(H,22,24). The molecule has 4 nitrogen and oxygen atoms in total. The van der Waals surface area contributed by atoms with Crippen LogP contribution >= 0.6 is 23.2 Å². The Balaban J connectivity index is 1.91. The molecule has 1 heterocycles. The second kappa shape index (κ2) is 8.91. The number of nitrogens with one attached hydrogen (secondary N) is 1. The minimum absolute atomic E-state index is 0.0820. The largest absolute Gasteiger partial charge is 0.354 e. The van der Waals surface area contributed by atoms with Crippen molar-refractivity contribution in [2.75, 3.05) is 19.6 Å². The van der Waals surface area contributed by atoms with E-state index >= 15 is 0 Å². The van der Waals surface area contributed by atoms with Crippen LogP contribution in [-0.2, 0) is 15.0 Å². The van der Waals surface area contributed by atoms with E-state index in [1.165, 1.54) is 0 Å². The Hall–Kier alpha value is -1.26. The van der Waals surface area contributed by atoms with E-state index in [1.807, 2.05) is 26.0 Å². The molecule has 0 aliphatic carbocycles. The molecule has 0 aromatic heterocycles. The number of nitrogens with zero attached hydrogens (tertiary/aromatic N) is 1. The van der Waals surface area contributed by atoms with Crippen molar-refractivity contribution in [3.63, 3.8) is 0 Å². The first-order chi connectivity index (χ1) is 11.8. The first-order valence-electron chi connectivity index (χ1n) is 8.79. The number of hydrogen-bond donors (Lipinski definition) is 1. The maximum atomic E-state index is 12.3. The van der Waals surface area contributed by atoms with Gasteiger partial charge in [0.05, 0.1) is 16.6 Å². The second-order valence-corrected chi connectivity index (χ2v) is 8.08. The maximum Gasteiger partial charge on any atom is 0.239 e. The minimum atomic E-state index is -0.288. The van der Waals surface area contributed by atoms with E-state index in [1.54, 1.807) is 11.0 Å². The Labute approximate surface area is 159 Å². The van der Waals surface area contributed by atoms with E-state index in [-0.39, 0.29) is 23.8 Å². The molecule has 1 aliphatic heterocycles. The molecule has 0 bridgehead atoms. The summed E-state index contributed by atoms with van der Waals surface area (Å²) in [4.78, 5) is 26.1. The molecule has 1 aromatic carbocycles. The van der Waals surface area contributed by atoms with Crippen molar-refractivity contribution in [2.45, 2.75) is 51.4 Å². The molecule has 2 rings (SSSR count). The lowest BCUT2D eigenvalue weighted by molar-refractivity contribution is -0.136. The average Bonchev–Trinajstić information content (AvgIpc) is 2.55. The summed E-state index contributed by atoms with van der Waals surface area (Å²) in [6.07, 6.45) is 4.65. The first kappa shape index (κ1) is 20.1. The summed E-state index contributed by atoms with van der Waals surface area (Å²) in [5.74, 6) is -0.0411. The number of benzene rings is 1. The normalized spacial score (nSPS) is 16.3. The zero-order valence-electron chi connectivity index (χ0n) is 14.9. The van der Waals surface area contributed by atoms with Gasteiger partial charge in [0.1, 0.15) is 0 Å². The van der Waals surface area contributed by atoms with Gasteiger partial charge in [0.25, 0.3) is 0 Å². The Morgan fingerprint density at radius 3 is 2.60 bits per heavy atom. The molecule has 0 unspecified atom stereocenters. The SMILES string of the molecule is CC(C)(CNC(=O)CN1CCCCCCC1=O)c1ccc(Cl)c(Cl)c1. The quantitative estimate of drug-likeness (QED) is 0.827. The van der Waals surface area contributed by atoms with Crippen molar-refractivity contribution in [1.82, 2.24) is 10.2 Å². The summed E-state index contributed by atoms with van der Waals surface area (Å²) >= 11 is 12.1. The van der Waals surface area contributed by atoms with Crippen molar-refractivity contribution >= 4 is 35.0 Å². The zero-order valence-corrected chi connectivity index (χ0v) is 16.4. The highest BCUT2D eigenvalue weighted by molar-refractivity contribution is 6.42. The Morgan fingerprint density at radius 2 is 1.88 bits per heavy atom. The highest BCUT2D eigenvalue weighted by Crippen LogP contribution is 2.29. The van der Waals surface area contributed by atoms with E-state index in [0.717, 1.165) is 31.2 Å². The van der Waals surface area contributed by atoms with Crippen LogP contribution in [0, 0.1) is 0 Å². The number of hydrogen-bond acceptors (Lipinski definition) is 2. The van der Waals surface area contributed by atoms with Crippen molar-refractivity contribution in [1.29, 1.82) is 0 Å². The molecule has 0 atom stereocenters. The molecule has 1 aliphatic rings. The molecule has 2 amide bonds. The molecular weight excluding hydrogens is 359 g/mol. The third kappa shape index (κ3) is 5.89. The van der Waals surface area contributed by atoms with Crippen LogP contribution in [0.3, 0.4) is 0 Å². The number of amides is 2. The van der Waals surface area contributed by atoms with Crippen LogP contribution in [0.25, 0.3) is 0 Å². The molecule has 0 radical (unpaired) electrons. The maximum absolute atomic E-state index is 12.3. The molecule has 1 N–H and O–H groups in total. The van der Waals surface area contributed by atoms with E-state index in [9.17, 15) is 9.59 Å². The summed E-state index contributed by atoms with van der Waals surface area (Å²) in [6.45, 7) is 5.34. The minimum Gasteiger partial charge on any atom is -0.354 e. The van der Waals surface area contributed by atoms with Gasteiger partial charge < -0.3 is 10.2 Å². The van der Waals surface area contributed by atoms with E-state index in [4.69, 9.17) is 23.2 Å². The predicted octanol–water partition coefficient (Wildman–Crippen LogP) is 4.18. The topological polar surface area (TPSA) is 49.4 Å². The fourth-order valence-electron chi connectivity index (χ4n) is 2.95. The third-order valence-corrected chi connectivity index (χ3v) is 5.42. The number of carbonyl (C=O) groups excluding carboxylic acids is 2. The van der Waals surface area contributed by atoms with Crippen LogP contribution in [0.15, 0.2) is 18.2 Å². The van der Waals surface area contributed by atoms with Gasteiger partial charge in [0.2, 0.25) is 11.8 Å². The zero-order chi connectivity index (χ0) is 18.4. The Bertz CT molecular complexity index is 632. The molecule has 138 valence electrons. The Morgan fingerprint density at radius 1 is 1.16 bits per heavy atom. The highest BCUT2D eigenvalue weighted by Gasteiger charge is 2.24. The molecule has 0 saturated carbocycles. The van der Waals surface area contributed by atoms with Gasteiger partial charge in [-0.1, -0.05) is 56.0 Å². The molecule has 0 spiro atoms. The summed E-state index contributed by atoms with van der Waals surface area (Å²) in [5.41, 5.74) is 0.717. The third-order valence-electron chi connectivity index (χ3n) is 4.68. The van der Waals surface area contributed by atoms with Gasteiger partial charge in [0, 0.05) is 24.9 Å². The van der Waals surface area contributed by atoms with Gasteiger partial charge in [-0.3, -0.25) is 9.59 Å². The van der Waals surface area contributed by atoms with Gasteiger partial charge in [-0.25, -0.2) is 0 Å². The van der Waals surface area contributed by atoms with Crippen molar-refractivity contribution in [2.24, 2.45) is 0 Å². The fraction of sp³-hybridized carbons (Fsp3) is 0.579. The Kier molecular flexibility index (Phi) is 7.14. The van der Waals surface area contributed by atoms with E-state index in [2.05, 4.69) is 5.32 Å². The van der Waals surface area contributed by atoms with E-state index < -0.39 is 0 Å².